The van der Waals surface area contributed by atoms with Crippen LogP contribution in [0.4, 0.5) is 5.69 Å². The van der Waals surface area contributed by atoms with E-state index in [1.807, 2.05) is 0 Å². The molecule has 1 aromatic rings. The molecule has 0 heterocycles. The number of hydrogen-bond donors (Lipinski definition) is 0. The first-order valence-corrected chi connectivity index (χ1v) is 3.63. The Labute approximate surface area is 88.5 Å². The molecule has 1 rings (SSSR count). The fourth-order valence-electron chi connectivity index (χ4n) is 0.635. The number of halogens is 2. The zero-order valence-electron chi connectivity index (χ0n) is 6.25. The molecule has 72 valence electrons. The summed E-state index contributed by atoms with van der Waals surface area (Å²) in [4.78, 5) is 9.63. The molecule has 7 heteroatoms. The number of rotatable bonds is 2. The second-order valence-electron chi connectivity index (χ2n) is 1.86. The van der Waals surface area contributed by atoms with Crippen molar-refractivity contribution in [3.63, 3.8) is 0 Å². The summed E-state index contributed by atoms with van der Waals surface area (Å²) in [6, 6.07) is 5.54. The third-order valence-corrected chi connectivity index (χ3v) is 1.67. The Kier molecular flexibility index (Phi) is 7.72. The van der Waals surface area contributed by atoms with Crippen molar-refractivity contribution in [1.29, 1.82) is 0 Å². The average molecular weight is 242 g/mol. The van der Waals surface area contributed by atoms with Crippen LogP contribution in [0, 0.1) is 10.1 Å². The molecular weight excluding hydrogens is 236 g/mol. The number of hydrogen-bond acceptors (Lipinski definition) is 3. The summed E-state index contributed by atoms with van der Waals surface area (Å²) in [5.74, 6) is 0. The van der Waals surface area contributed by atoms with Crippen LogP contribution in [-0.4, -0.2) is 4.92 Å². The van der Waals surface area contributed by atoms with Gasteiger partial charge in [0.05, 0.1) is 4.92 Å². The van der Waals surface area contributed by atoms with Gasteiger partial charge in [0.1, 0.15) is 0 Å². The number of non-ortho nitro benzene ring substituents is 1. The Morgan fingerprint density at radius 2 is 1.62 bits per heavy atom. The van der Waals surface area contributed by atoms with E-state index in [-0.39, 0.29) is 39.0 Å². The van der Waals surface area contributed by atoms with Crippen LogP contribution in [0.2, 0.25) is 0 Å². The van der Waals surface area contributed by atoms with Crippen LogP contribution in [0.15, 0.2) is 24.3 Å². The van der Waals surface area contributed by atoms with Gasteiger partial charge in [-0.2, -0.15) is 0 Å². The van der Waals surface area contributed by atoms with Gasteiger partial charge < -0.3 is 0 Å². The van der Waals surface area contributed by atoms with E-state index in [9.17, 15) is 14.7 Å². The minimum Gasteiger partial charge on any atom is -0.269 e. The van der Waals surface area contributed by atoms with Crippen molar-refractivity contribution in [2.75, 3.05) is 0 Å². The Hall–Kier alpha value is -0.700. The lowest BCUT2D eigenvalue weighted by atomic mass is 10.3. The second kappa shape index (κ2) is 6.78. The van der Waals surface area contributed by atoms with E-state index in [1.165, 1.54) is 24.3 Å². The minimum absolute atomic E-state index is 0. The van der Waals surface area contributed by atoms with Gasteiger partial charge in [-0.3, -0.25) is 14.7 Å². The third-order valence-electron chi connectivity index (χ3n) is 1.17. The van der Waals surface area contributed by atoms with E-state index in [1.54, 1.807) is 0 Å². The fourth-order valence-corrected chi connectivity index (χ4v) is 0.906. The quantitative estimate of drug-likeness (QED) is 0.454. The van der Waals surface area contributed by atoms with Gasteiger partial charge in [-0.05, 0) is 12.1 Å². The Balaban J connectivity index is 0. The molecule has 4 nitrogen and oxygen atoms in total. The van der Waals surface area contributed by atoms with Gasteiger partial charge in [-0.1, -0.05) is 0 Å². The number of benzene rings is 1. The predicted octanol–water partition coefficient (Wildman–Crippen LogP) is 2.36. The van der Waals surface area contributed by atoms with E-state index in [0.717, 1.165) is 0 Å². The highest BCUT2D eigenvalue weighted by Gasteiger charge is 2.02. The largest absolute Gasteiger partial charge is 0.269 e. The lowest BCUT2D eigenvalue weighted by molar-refractivity contribution is -0.384. The second-order valence-corrected chi connectivity index (χ2v) is 2.56. The van der Waals surface area contributed by atoms with Gasteiger partial charge in [0.25, 0.3) is 5.69 Å². The third kappa shape index (κ3) is 4.18. The molecule has 0 aromatic heterocycles. The van der Waals surface area contributed by atoms with Crippen molar-refractivity contribution >= 4 is 44.3 Å². The van der Waals surface area contributed by atoms with Crippen molar-refractivity contribution in [2.24, 2.45) is 0 Å². The van der Waals surface area contributed by atoms with Crippen LogP contribution < -0.4 is 5.30 Å². The van der Waals surface area contributed by atoms with Crippen LogP contribution in [0.3, 0.4) is 0 Å². The van der Waals surface area contributed by atoms with Crippen molar-refractivity contribution in [3.05, 3.63) is 34.4 Å². The number of nitro groups is 1. The zero-order valence-corrected chi connectivity index (χ0v) is 8.77. The van der Waals surface area contributed by atoms with Gasteiger partial charge in [0.15, 0.2) is 8.46 Å². The first kappa shape index (κ1) is 14.8. The fraction of sp³-hybridized carbons (Fsp3) is 0. The summed E-state index contributed by atoms with van der Waals surface area (Å²) in [6.45, 7) is 0. The predicted molar refractivity (Wildman–Crippen MR) is 54.8 cm³/mol. The monoisotopic (exact) mass is 241 g/mol. The Morgan fingerprint density at radius 1 is 1.15 bits per heavy atom. The van der Waals surface area contributed by atoms with Gasteiger partial charge >= 0.3 is 0 Å². The molecule has 0 aliphatic heterocycles. The Morgan fingerprint density at radius 3 is 1.92 bits per heavy atom. The molecule has 13 heavy (non-hydrogen) atoms. The summed E-state index contributed by atoms with van der Waals surface area (Å²) in [7, 11) is -0.118. The topological polar surface area (TPSA) is 60.2 Å². The molecule has 0 spiro atoms. The van der Waals surface area contributed by atoms with Crippen LogP contribution in [-0.2, 0) is 4.57 Å². The van der Waals surface area contributed by atoms with Crippen LogP contribution >= 0.6 is 33.3 Å². The van der Waals surface area contributed by atoms with Crippen molar-refractivity contribution in [2.45, 2.75) is 0 Å². The molecule has 0 saturated heterocycles. The van der Waals surface area contributed by atoms with Gasteiger partial charge in [0, 0.05) is 17.4 Å². The highest BCUT2D eigenvalue weighted by molar-refractivity contribution is 7.34. The van der Waals surface area contributed by atoms with E-state index >= 15 is 0 Å². The Bertz CT molecular complexity index is 290. The molecule has 0 atom stereocenters. The van der Waals surface area contributed by atoms with Crippen molar-refractivity contribution in [1.82, 2.24) is 0 Å². The molecule has 0 aliphatic carbocycles. The lowest BCUT2D eigenvalue weighted by Crippen LogP contribution is -1.92. The minimum atomic E-state index is -0.495. The highest BCUT2D eigenvalue weighted by Crippen LogP contribution is 2.08. The maximum atomic E-state index is 10.2. The molecule has 0 N–H and O–H groups in total. The molecule has 0 aliphatic rings. The zero-order chi connectivity index (χ0) is 8.27. The first-order valence-electron chi connectivity index (χ1n) is 2.82. The normalized spacial score (nSPS) is 8.31. The summed E-state index contributed by atoms with van der Waals surface area (Å²) < 4.78 is 10.2. The van der Waals surface area contributed by atoms with E-state index in [2.05, 4.69) is 0 Å². The molecule has 0 saturated carbocycles. The van der Waals surface area contributed by atoms with E-state index in [4.69, 9.17) is 0 Å². The van der Waals surface area contributed by atoms with Crippen LogP contribution in [0.25, 0.3) is 0 Å². The van der Waals surface area contributed by atoms with E-state index in [0.29, 0.717) is 5.30 Å². The SMILES string of the molecule is Cl.Cl.O=Pc1ccc([N+](=O)[O-])cc1. The smallest absolute Gasteiger partial charge is 0.269 e. The standard InChI is InChI=1S/C6H4NO3P.2ClH/c8-7(9)5-1-3-6(11-10)4-2-5;;/h1-4H;2*1H. The molecule has 0 bridgehead atoms. The molecule has 1 aromatic carbocycles. The van der Waals surface area contributed by atoms with E-state index < -0.39 is 4.92 Å². The summed E-state index contributed by atoms with van der Waals surface area (Å²) in [5, 5.41) is 10.7. The maximum Gasteiger partial charge on any atom is 0.269 e. The lowest BCUT2D eigenvalue weighted by Gasteiger charge is -1.88. The van der Waals surface area contributed by atoms with Crippen LogP contribution in [0.5, 0.6) is 0 Å². The summed E-state index contributed by atoms with van der Waals surface area (Å²) in [5.41, 5.74) is 0.0115. The molecular formula is C6H6Cl2NO3P. The molecule has 0 radical (unpaired) electrons. The number of nitro benzene ring substituents is 1. The molecule has 0 unspecified atom stereocenters. The summed E-state index contributed by atoms with van der Waals surface area (Å²) in [6.07, 6.45) is 0. The van der Waals surface area contributed by atoms with Gasteiger partial charge in [-0.15, -0.1) is 24.8 Å². The maximum absolute atomic E-state index is 10.2. The van der Waals surface area contributed by atoms with Gasteiger partial charge in [-0.25, -0.2) is 0 Å². The molecule has 0 fully saturated rings. The summed E-state index contributed by atoms with van der Waals surface area (Å²) >= 11 is 0. The van der Waals surface area contributed by atoms with Crippen molar-refractivity contribution in [3.8, 4) is 0 Å². The van der Waals surface area contributed by atoms with Gasteiger partial charge in [0.2, 0.25) is 0 Å². The molecule has 0 amide bonds. The highest BCUT2D eigenvalue weighted by atomic mass is 35.5. The van der Waals surface area contributed by atoms with Crippen LogP contribution in [0.1, 0.15) is 0 Å². The number of nitrogens with zero attached hydrogens (tertiary/aromatic N) is 1. The van der Waals surface area contributed by atoms with Crippen molar-refractivity contribution < 1.29 is 9.49 Å². The average Bonchev–Trinajstić information content (AvgIpc) is 2.05. The first-order chi connectivity index (χ1) is 5.24.